The van der Waals surface area contributed by atoms with E-state index in [2.05, 4.69) is 18.0 Å². The van der Waals surface area contributed by atoms with Crippen LogP contribution in [0.4, 0.5) is 0 Å². The molecule has 0 fully saturated rings. The lowest BCUT2D eigenvalue weighted by atomic mass is 9.93. The molecule has 2 unspecified atom stereocenters. The second-order valence-electron chi connectivity index (χ2n) is 6.57. The highest BCUT2D eigenvalue weighted by Crippen LogP contribution is 2.37. The Labute approximate surface area is 169 Å². The molecule has 1 aliphatic heterocycles. The first kappa shape index (κ1) is 19.6. The van der Waals surface area contributed by atoms with Gasteiger partial charge in [-0.25, -0.2) is 0 Å². The number of carbonyl (C=O) groups excluding carboxylic acids is 2. The van der Waals surface area contributed by atoms with E-state index >= 15 is 0 Å². The summed E-state index contributed by atoms with van der Waals surface area (Å²) in [5, 5.41) is 1.41. The number of nitrogens with zero attached hydrogens (tertiary/aromatic N) is 2. The molecule has 0 aliphatic carbocycles. The van der Waals surface area contributed by atoms with Gasteiger partial charge in [0.1, 0.15) is 11.9 Å². The van der Waals surface area contributed by atoms with Gasteiger partial charge in [0.15, 0.2) is 0 Å². The smallest absolute Gasteiger partial charge is 0.243 e. The van der Waals surface area contributed by atoms with E-state index in [9.17, 15) is 9.59 Å². The van der Waals surface area contributed by atoms with Crippen LogP contribution in [-0.4, -0.2) is 46.6 Å². The first-order valence-electron chi connectivity index (χ1n) is 8.97. The number of carbonyl (C=O) groups is 2. The summed E-state index contributed by atoms with van der Waals surface area (Å²) in [6, 6.07) is 12.0. The van der Waals surface area contributed by atoms with E-state index in [0.29, 0.717) is 13.1 Å². The Balaban J connectivity index is 1.88. The second-order valence-corrected chi connectivity index (χ2v) is 8.23. The van der Waals surface area contributed by atoms with Gasteiger partial charge in [0.2, 0.25) is 11.8 Å². The molecule has 142 valence electrons. The number of hydrogen-bond donors (Lipinski definition) is 0. The monoisotopic (exact) mass is 402 g/mol. The van der Waals surface area contributed by atoms with Crippen molar-refractivity contribution in [3.05, 3.63) is 70.4 Å². The molecule has 0 radical (unpaired) electrons. The fraction of sp³-hybridized carbons (Fsp3) is 0.333. The van der Waals surface area contributed by atoms with Crippen LogP contribution in [-0.2, 0) is 16.0 Å². The number of thiophene rings is 1. The van der Waals surface area contributed by atoms with E-state index in [1.54, 1.807) is 24.3 Å². The predicted octanol–water partition coefficient (Wildman–Crippen LogP) is 3.86. The fourth-order valence-electron chi connectivity index (χ4n) is 3.47. The molecule has 2 heterocycles. The minimum absolute atomic E-state index is 0.00468. The van der Waals surface area contributed by atoms with Crippen LogP contribution in [0.5, 0.6) is 0 Å². The van der Waals surface area contributed by atoms with Gasteiger partial charge in [-0.05, 0) is 35.9 Å². The Hall–Kier alpha value is -2.11. The van der Waals surface area contributed by atoms with Crippen molar-refractivity contribution in [2.75, 3.05) is 19.6 Å². The van der Waals surface area contributed by atoms with Crippen molar-refractivity contribution in [1.82, 2.24) is 9.80 Å². The Morgan fingerprint density at radius 2 is 2.11 bits per heavy atom. The van der Waals surface area contributed by atoms with Crippen molar-refractivity contribution in [1.29, 1.82) is 0 Å². The molecule has 6 heteroatoms. The van der Waals surface area contributed by atoms with Crippen LogP contribution in [0.15, 0.2) is 54.4 Å². The maximum absolute atomic E-state index is 13.2. The Morgan fingerprint density at radius 3 is 2.78 bits per heavy atom. The third-order valence-electron chi connectivity index (χ3n) is 4.73. The van der Waals surface area contributed by atoms with E-state index in [4.69, 9.17) is 11.6 Å². The van der Waals surface area contributed by atoms with Crippen molar-refractivity contribution in [3.63, 3.8) is 0 Å². The van der Waals surface area contributed by atoms with E-state index in [-0.39, 0.29) is 24.4 Å². The van der Waals surface area contributed by atoms with Crippen LogP contribution in [0.3, 0.4) is 0 Å². The summed E-state index contributed by atoms with van der Waals surface area (Å²) < 4.78 is 0. The summed E-state index contributed by atoms with van der Waals surface area (Å²) in [7, 11) is 0. The maximum atomic E-state index is 13.2. The van der Waals surface area contributed by atoms with Crippen LogP contribution in [0.1, 0.15) is 29.0 Å². The number of amides is 2. The van der Waals surface area contributed by atoms with Gasteiger partial charge in [-0.1, -0.05) is 36.4 Å². The zero-order valence-corrected chi connectivity index (χ0v) is 16.9. The molecule has 2 atom stereocenters. The quantitative estimate of drug-likeness (QED) is 0.543. The summed E-state index contributed by atoms with van der Waals surface area (Å²) in [6.45, 7) is 6.25. The molecule has 0 N–H and O–H groups in total. The van der Waals surface area contributed by atoms with Gasteiger partial charge in [-0.2, -0.15) is 0 Å². The van der Waals surface area contributed by atoms with Crippen molar-refractivity contribution in [2.45, 2.75) is 24.8 Å². The summed E-state index contributed by atoms with van der Waals surface area (Å²) in [5.41, 5.74) is 2.26. The topological polar surface area (TPSA) is 40.6 Å². The molecule has 27 heavy (non-hydrogen) atoms. The summed E-state index contributed by atoms with van der Waals surface area (Å²) in [4.78, 5) is 30.2. The first-order chi connectivity index (χ1) is 13.0. The summed E-state index contributed by atoms with van der Waals surface area (Å²) in [6.07, 6.45) is 2.45. The van der Waals surface area contributed by atoms with Crippen LogP contribution >= 0.6 is 22.9 Å². The molecular formula is C21H23ClN2O2S. The molecule has 0 spiro atoms. The lowest BCUT2D eigenvalue weighted by molar-refractivity contribution is -0.141. The largest absolute Gasteiger partial charge is 0.330 e. The second kappa shape index (κ2) is 8.72. The van der Waals surface area contributed by atoms with Crippen molar-refractivity contribution in [3.8, 4) is 0 Å². The SMILES string of the molecule is C=CCN(CC(=O)N1CCc2sccc2C1c1ccccc1)C(=O)C(C)Cl. The van der Waals surface area contributed by atoms with Crippen LogP contribution < -0.4 is 0 Å². The molecule has 4 nitrogen and oxygen atoms in total. The number of fused-ring (bicyclic) bond motifs is 1. The minimum atomic E-state index is -0.674. The van der Waals surface area contributed by atoms with E-state index < -0.39 is 5.38 Å². The maximum Gasteiger partial charge on any atom is 0.243 e. The standard InChI is InChI=1S/C21H23ClN2O2S/c1-3-11-23(21(26)15(2)22)14-19(25)24-12-9-18-17(10-13-27-18)20(24)16-7-5-4-6-8-16/h3-8,10,13,15,20H,1,9,11-12,14H2,2H3. The van der Waals surface area contributed by atoms with Crippen molar-refractivity contribution in [2.24, 2.45) is 0 Å². The van der Waals surface area contributed by atoms with Gasteiger partial charge < -0.3 is 9.80 Å². The number of alkyl halides is 1. The number of hydrogen-bond acceptors (Lipinski definition) is 3. The average Bonchev–Trinajstić information content (AvgIpc) is 3.15. The lowest BCUT2D eigenvalue weighted by Gasteiger charge is -2.37. The number of halogens is 1. The van der Waals surface area contributed by atoms with Gasteiger partial charge in [0.25, 0.3) is 0 Å². The van der Waals surface area contributed by atoms with E-state index in [0.717, 1.165) is 12.0 Å². The lowest BCUT2D eigenvalue weighted by Crippen LogP contribution is -2.48. The Bertz CT molecular complexity index is 819. The highest BCUT2D eigenvalue weighted by Gasteiger charge is 2.34. The Kier molecular flexibility index (Phi) is 6.34. The molecule has 1 aromatic heterocycles. The molecule has 2 amide bonds. The van der Waals surface area contributed by atoms with Gasteiger partial charge in [0.05, 0.1) is 6.04 Å². The summed E-state index contributed by atoms with van der Waals surface area (Å²) >= 11 is 7.69. The Morgan fingerprint density at radius 1 is 1.37 bits per heavy atom. The third kappa shape index (κ3) is 4.25. The van der Waals surface area contributed by atoms with E-state index in [1.807, 2.05) is 35.2 Å². The number of benzene rings is 1. The molecule has 0 saturated carbocycles. The zero-order valence-electron chi connectivity index (χ0n) is 15.3. The molecule has 1 aromatic carbocycles. The fourth-order valence-corrected chi connectivity index (χ4v) is 4.52. The zero-order chi connectivity index (χ0) is 19.4. The van der Waals surface area contributed by atoms with Crippen LogP contribution in [0.25, 0.3) is 0 Å². The van der Waals surface area contributed by atoms with Gasteiger partial charge >= 0.3 is 0 Å². The minimum Gasteiger partial charge on any atom is -0.330 e. The first-order valence-corrected chi connectivity index (χ1v) is 10.3. The third-order valence-corrected chi connectivity index (χ3v) is 5.91. The summed E-state index contributed by atoms with van der Waals surface area (Å²) in [5.74, 6) is -0.331. The normalized spacial score (nSPS) is 17.1. The number of rotatable bonds is 6. The molecular weight excluding hydrogens is 380 g/mol. The highest BCUT2D eigenvalue weighted by molar-refractivity contribution is 7.10. The molecule has 0 saturated heterocycles. The molecule has 1 aliphatic rings. The van der Waals surface area contributed by atoms with Gasteiger partial charge in [-0.15, -0.1) is 29.5 Å². The average molecular weight is 403 g/mol. The van der Waals surface area contributed by atoms with E-state index in [1.165, 1.54) is 15.3 Å². The van der Waals surface area contributed by atoms with Crippen molar-refractivity contribution < 1.29 is 9.59 Å². The molecule has 3 rings (SSSR count). The van der Waals surface area contributed by atoms with Crippen LogP contribution in [0.2, 0.25) is 0 Å². The predicted molar refractivity (Wildman–Crippen MR) is 110 cm³/mol. The van der Waals surface area contributed by atoms with Gasteiger partial charge in [-0.3, -0.25) is 9.59 Å². The highest BCUT2D eigenvalue weighted by atomic mass is 35.5. The van der Waals surface area contributed by atoms with Crippen molar-refractivity contribution >= 4 is 34.8 Å². The van der Waals surface area contributed by atoms with Crippen LogP contribution in [0, 0.1) is 0 Å². The molecule has 2 aromatic rings. The molecule has 0 bridgehead atoms. The van der Waals surface area contributed by atoms with Gasteiger partial charge in [0, 0.05) is 18.0 Å².